The molecule has 7 heteroatoms. The van der Waals surface area contributed by atoms with Crippen LogP contribution < -0.4 is 5.32 Å². The van der Waals surface area contributed by atoms with Gasteiger partial charge in [-0.05, 0) is 117 Å². The molecule has 1 amide bonds. The van der Waals surface area contributed by atoms with E-state index in [-0.39, 0.29) is 52.3 Å². The number of nitrogens with one attached hydrogen (secondary N) is 1. The average Bonchev–Trinajstić information content (AvgIpc) is 3.21. The summed E-state index contributed by atoms with van der Waals surface area (Å²) < 4.78 is 6.11. The van der Waals surface area contributed by atoms with E-state index in [9.17, 15) is 24.3 Å². The Morgan fingerprint density at radius 3 is 2.16 bits per heavy atom. The second-order valence-electron chi connectivity index (χ2n) is 18.0. The van der Waals surface area contributed by atoms with Gasteiger partial charge >= 0.3 is 11.9 Å². The van der Waals surface area contributed by atoms with E-state index >= 15 is 0 Å². The molecule has 5 rings (SSSR count). The van der Waals surface area contributed by atoms with Crippen molar-refractivity contribution in [2.45, 2.75) is 145 Å². The molecule has 0 aromatic heterocycles. The molecular weight excluding hydrogens is 566 g/mol. The Morgan fingerprint density at radius 2 is 1.56 bits per heavy atom. The lowest BCUT2D eigenvalue weighted by molar-refractivity contribution is -0.213. The van der Waals surface area contributed by atoms with E-state index in [1.54, 1.807) is 13.8 Å². The zero-order valence-corrected chi connectivity index (χ0v) is 29.6. The maximum Gasteiger partial charge on any atom is 0.309 e. The summed E-state index contributed by atoms with van der Waals surface area (Å²) >= 11 is 0. The Labute approximate surface area is 271 Å². The predicted molar refractivity (Wildman–Crippen MR) is 174 cm³/mol. The molecule has 5 aliphatic rings. The highest BCUT2D eigenvalue weighted by molar-refractivity contribution is 6.02. The van der Waals surface area contributed by atoms with Crippen LogP contribution in [-0.2, 0) is 23.9 Å². The summed E-state index contributed by atoms with van der Waals surface area (Å²) in [6.07, 6.45) is 8.04. The SMILES string of the molecule is CC(C)C(=O)NC12CCC3C(CCC4C3(C)CCC3C(C)(C)C(OC(=O)CC(C)(C)C(=O)O)CCC34C)C1=C(C(C)C)C(=O)C2. The summed E-state index contributed by atoms with van der Waals surface area (Å²) in [6.45, 7) is 20.9. The normalized spacial score (nSPS) is 39.1. The summed E-state index contributed by atoms with van der Waals surface area (Å²) in [5.74, 6) is 0.610. The van der Waals surface area contributed by atoms with Crippen molar-refractivity contribution in [3.8, 4) is 0 Å². The number of carbonyl (C=O) groups is 4. The number of esters is 1. The van der Waals surface area contributed by atoms with Gasteiger partial charge in [-0.2, -0.15) is 0 Å². The van der Waals surface area contributed by atoms with Gasteiger partial charge in [0, 0.05) is 17.8 Å². The lowest BCUT2D eigenvalue weighted by Crippen LogP contribution is -2.64. The molecule has 2 N–H and O–H groups in total. The number of fused-ring (bicyclic) bond motifs is 7. The molecule has 0 radical (unpaired) electrons. The number of ketones is 1. The molecule has 4 saturated carbocycles. The van der Waals surface area contributed by atoms with Crippen molar-refractivity contribution in [3.05, 3.63) is 11.1 Å². The van der Waals surface area contributed by atoms with Crippen LogP contribution in [-0.4, -0.2) is 40.4 Å². The van der Waals surface area contributed by atoms with Gasteiger partial charge in [-0.3, -0.25) is 19.2 Å². The van der Waals surface area contributed by atoms with E-state index in [2.05, 4.69) is 46.9 Å². The van der Waals surface area contributed by atoms with Gasteiger partial charge in [-0.15, -0.1) is 0 Å². The van der Waals surface area contributed by atoms with E-state index in [1.165, 1.54) is 5.57 Å². The van der Waals surface area contributed by atoms with Gasteiger partial charge in [-0.25, -0.2) is 0 Å². The Morgan fingerprint density at radius 1 is 0.911 bits per heavy atom. The quantitative estimate of drug-likeness (QED) is 0.283. The first-order valence-corrected chi connectivity index (χ1v) is 17.7. The minimum absolute atomic E-state index is 0.0443. The van der Waals surface area contributed by atoms with Crippen molar-refractivity contribution in [1.29, 1.82) is 0 Å². The highest BCUT2D eigenvalue weighted by atomic mass is 16.5. The molecule has 0 aliphatic heterocycles. The van der Waals surface area contributed by atoms with Crippen molar-refractivity contribution in [2.24, 2.45) is 57.2 Å². The standard InChI is InChI=1S/C38H59NO6/c1-21(2)30-25(40)19-38(39-32(42)22(3)4)18-13-24-23(31(30)38)11-12-27-36(24,9)16-14-26-35(7,8)28(15-17-37(26,27)10)45-29(41)20-34(5,6)33(43)44/h21-24,26-28H,11-20H2,1-10H3,(H,39,42)(H,43,44). The maximum absolute atomic E-state index is 13.6. The minimum Gasteiger partial charge on any atom is -0.481 e. The third-order valence-electron chi connectivity index (χ3n) is 13.9. The number of rotatable bonds is 7. The first-order chi connectivity index (χ1) is 20.7. The molecule has 8 unspecified atom stereocenters. The molecule has 5 aliphatic carbocycles. The van der Waals surface area contributed by atoms with Crippen LogP contribution in [0.2, 0.25) is 0 Å². The van der Waals surface area contributed by atoms with Crippen LogP contribution in [0.3, 0.4) is 0 Å². The van der Waals surface area contributed by atoms with Crippen molar-refractivity contribution in [1.82, 2.24) is 5.32 Å². The fourth-order valence-corrected chi connectivity index (χ4v) is 11.6. The van der Waals surface area contributed by atoms with E-state index < -0.39 is 22.9 Å². The van der Waals surface area contributed by atoms with Crippen molar-refractivity contribution < 1.29 is 29.0 Å². The fourth-order valence-electron chi connectivity index (χ4n) is 11.6. The van der Waals surface area contributed by atoms with Gasteiger partial charge in [0.25, 0.3) is 0 Å². The Kier molecular flexibility index (Phi) is 8.52. The zero-order chi connectivity index (χ0) is 33.5. The maximum atomic E-state index is 13.6. The topological polar surface area (TPSA) is 110 Å². The Bertz CT molecular complexity index is 1290. The Hall–Kier alpha value is -2.18. The number of aliphatic carboxylic acids is 1. The van der Waals surface area contributed by atoms with Gasteiger partial charge in [-0.1, -0.05) is 55.4 Å². The number of carbonyl (C=O) groups excluding carboxylic acids is 3. The van der Waals surface area contributed by atoms with Crippen LogP contribution >= 0.6 is 0 Å². The number of hydrogen-bond donors (Lipinski definition) is 2. The van der Waals surface area contributed by atoms with Crippen molar-refractivity contribution in [3.63, 3.8) is 0 Å². The van der Waals surface area contributed by atoms with Gasteiger partial charge in [0.05, 0.1) is 17.4 Å². The molecule has 7 nitrogen and oxygen atoms in total. The summed E-state index contributed by atoms with van der Waals surface area (Å²) in [6, 6.07) is 0. The number of allylic oxidation sites excluding steroid dienone is 1. The molecule has 252 valence electrons. The molecule has 0 aromatic rings. The zero-order valence-electron chi connectivity index (χ0n) is 29.6. The second kappa shape index (κ2) is 11.2. The third kappa shape index (κ3) is 5.30. The molecule has 0 aromatic carbocycles. The molecular formula is C38H59NO6. The van der Waals surface area contributed by atoms with Crippen LogP contribution in [0.1, 0.15) is 133 Å². The number of carboxylic acid groups (broad SMARTS) is 1. The fraction of sp³-hybridized carbons (Fsp3) is 0.842. The van der Waals surface area contributed by atoms with Crippen LogP contribution in [0.15, 0.2) is 11.1 Å². The summed E-state index contributed by atoms with van der Waals surface area (Å²) in [4.78, 5) is 51.4. The lowest BCUT2D eigenvalue weighted by atomic mass is 9.37. The van der Waals surface area contributed by atoms with Crippen molar-refractivity contribution in [2.75, 3.05) is 0 Å². The monoisotopic (exact) mass is 625 g/mol. The molecule has 0 bridgehead atoms. The first kappa shape index (κ1) is 34.2. The van der Waals surface area contributed by atoms with E-state index in [4.69, 9.17) is 4.74 Å². The van der Waals surface area contributed by atoms with Crippen LogP contribution in [0.25, 0.3) is 0 Å². The third-order valence-corrected chi connectivity index (χ3v) is 13.9. The highest BCUT2D eigenvalue weighted by Gasteiger charge is 2.67. The summed E-state index contributed by atoms with van der Waals surface area (Å²) in [7, 11) is 0. The molecule has 8 atom stereocenters. The molecule has 4 fully saturated rings. The summed E-state index contributed by atoms with van der Waals surface area (Å²) in [5.41, 5.74) is 0.607. The van der Waals surface area contributed by atoms with Crippen LogP contribution in [0, 0.1) is 57.2 Å². The van der Waals surface area contributed by atoms with Gasteiger partial charge < -0.3 is 15.2 Å². The number of Topliss-reactive ketones (excluding diaryl/α,β-unsaturated/α-hetero) is 1. The Balaban J connectivity index is 1.42. The van der Waals surface area contributed by atoms with E-state index in [0.717, 1.165) is 56.9 Å². The van der Waals surface area contributed by atoms with Crippen LogP contribution in [0.5, 0.6) is 0 Å². The lowest BCUT2D eigenvalue weighted by Gasteiger charge is -2.68. The van der Waals surface area contributed by atoms with Crippen molar-refractivity contribution >= 4 is 23.6 Å². The number of hydrogen-bond acceptors (Lipinski definition) is 5. The van der Waals surface area contributed by atoms with Gasteiger partial charge in [0.15, 0.2) is 5.78 Å². The number of ether oxygens (including phenoxy) is 1. The second-order valence-corrected chi connectivity index (χ2v) is 18.0. The molecule has 0 heterocycles. The smallest absolute Gasteiger partial charge is 0.309 e. The minimum atomic E-state index is -1.15. The largest absolute Gasteiger partial charge is 0.481 e. The van der Waals surface area contributed by atoms with Gasteiger partial charge in [0.2, 0.25) is 5.91 Å². The average molecular weight is 626 g/mol. The first-order valence-electron chi connectivity index (χ1n) is 17.7. The molecule has 45 heavy (non-hydrogen) atoms. The summed E-state index contributed by atoms with van der Waals surface area (Å²) in [5, 5.41) is 13.0. The molecule has 0 spiro atoms. The van der Waals surface area contributed by atoms with E-state index in [1.807, 2.05) is 13.8 Å². The highest BCUT2D eigenvalue weighted by Crippen LogP contribution is 2.72. The van der Waals surface area contributed by atoms with Crippen LogP contribution in [0.4, 0.5) is 0 Å². The van der Waals surface area contributed by atoms with E-state index in [0.29, 0.717) is 30.1 Å². The number of amides is 1. The molecule has 0 saturated heterocycles. The predicted octanol–water partition coefficient (Wildman–Crippen LogP) is 7.51. The number of carboxylic acids is 1. The van der Waals surface area contributed by atoms with Gasteiger partial charge in [0.1, 0.15) is 6.10 Å².